The number of carbonyl (C=O) groups is 2. The van der Waals surface area contributed by atoms with Crippen LogP contribution in [-0.2, 0) is 16.1 Å². The van der Waals surface area contributed by atoms with E-state index in [-0.39, 0.29) is 19.2 Å². The molecule has 1 aromatic rings. The molecule has 25 heavy (non-hydrogen) atoms. The Hall–Kier alpha value is -2.50. The van der Waals surface area contributed by atoms with Gasteiger partial charge in [-0.1, -0.05) is 36.4 Å². The van der Waals surface area contributed by atoms with Gasteiger partial charge in [0, 0.05) is 13.1 Å². The highest BCUT2D eigenvalue weighted by Gasteiger charge is 2.24. The van der Waals surface area contributed by atoms with Crippen molar-refractivity contribution < 1.29 is 19.1 Å². The number of benzene rings is 1. The fourth-order valence-electron chi connectivity index (χ4n) is 1.96. The Balaban J connectivity index is 2.44. The average molecular weight is 348 g/mol. The fraction of sp³-hybridized carbons (Fsp3) is 0.474. The van der Waals surface area contributed by atoms with Gasteiger partial charge in [-0.05, 0) is 33.3 Å². The summed E-state index contributed by atoms with van der Waals surface area (Å²) in [5.74, 6) is 0. The van der Waals surface area contributed by atoms with Gasteiger partial charge in [0.15, 0.2) is 0 Å². The molecule has 0 aliphatic carbocycles. The van der Waals surface area contributed by atoms with Crippen LogP contribution in [0.2, 0.25) is 0 Å². The van der Waals surface area contributed by atoms with Gasteiger partial charge in [0.25, 0.3) is 0 Å². The maximum atomic E-state index is 12.3. The molecule has 1 aromatic carbocycles. The molecule has 1 unspecified atom stereocenters. The lowest BCUT2D eigenvalue weighted by molar-refractivity contribution is 0.0212. The molecular weight excluding hydrogens is 320 g/mol. The minimum Gasteiger partial charge on any atom is -0.445 e. The molecule has 0 fully saturated rings. The second-order valence-electron chi connectivity index (χ2n) is 6.64. The van der Waals surface area contributed by atoms with Crippen LogP contribution in [0.5, 0.6) is 0 Å². The van der Waals surface area contributed by atoms with E-state index in [0.29, 0.717) is 6.54 Å². The zero-order valence-electron chi connectivity index (χ0n) is 15.5. The Morgan fingerprint density at radius 3 is 2.48 bits per heavy atom. The van der Waals surface area contributed by atoms with Crippen LogP contribution in [0.1, 0.15) is 33.3 Å². The second-order valence-corrected chi connectivity index (χ2v) is 6.64. The van der Waals surface area contributed by atoms with Gasteiger partial charge in [-0.3, -0.25) is 0 Å². The summed E-state index contributed by atoms with van der Waals surface area (Å²) in [6.45, 7) is 11.7. The van der Waals surface area contributed by atoms with Crippen molar-refractivity contribution in [3.63, 3.8) is 0 Å². The van der Waals surface area contributed by atoms with Crippen LogP contribution >= 0.6 is 0 Å². The molecule has 0 bridgehead atoms. The van der Waals surface area contributed by atoms with E-state index >= 15 is 0 Å². The van der Waals surface area contributed by atoms with E-state index < -0.39 is 17.8 Å². The summed E-state index contributed by atoms with van der Waals surface area (Å²) in [6, 6.07) is 9.21. The lowest BCUT2D eigenvalue weighted by atomic mass is 10.2. The minimum atomic E-state index is -0.585. The quantitative estimate of drug-likeness (QED) is 0.763. The molecule has 0 aliphatic rings. The zero-order chi connectivity index (χ0) is 18.9. The number of carbonyl (C=O) groups excluding carboxylic acids is 2. The first kappa shape index (κ1) is 20.5. The summed E-state index contributed by atoms with van der Waals surface area (Å²) in [7, 11) is 0. The monoisotopic (exact) mass is 348 g/mol. The van der Waals surface area contributed by atoms with Gasteiger partial charge >= 0.3 is 12.2 Å². The van der Waals surface area contributed by atoms with E-state index in [1.807, 2.05) is 37.3 Å². The van der Waals surface area contributed by atoms with Gasteiger partial charge in [-0.2, -0.15) is 0 Å². The molecule has 1 atom stereocenters. The van der Waals surface area contributed by atoms with E-state index in [2.05, 4.69) is 11.9 Å². The molecule has 6 heteroatoms. The van der Waals surface area contributed by atoms with Gasteiger partial charge in [0.2, 0.25) is 0 Å². The normalized spacial score (nSPS) is 12.0. The van der Waals surface area contributed by atoms with Crippen molar-refractivity contribution in [3.05, 3.63) is 48.6 Å². The molecule has 0 aromatic heterocycles. The van der Waals surface area contributed by atoms with Crippen LogP contribution in [0, 0.1) is 0 Å². The van der Waals surface area contributed by atoms with E-state index in [1.165, 1.54) is 4.90 Å². The standard InChI is InChI=1S/C19H28N2O4/c1-6-15(2)21(18(23)25-19(3,4)5)13-12-20-17(22)24-14-16-10-8-7-9-11-16/h6-11,15H,1,12-14H2,2-5H3,(H,20,22). The van der Waals surface area contributed by atoms with Crippen molar-refractivity contribution in [1.29, 1.82) is 0 Å². The van der Waals surface area contributed by atoms with Crippen molar-refractivity contribution >= 4 is 12.2 Å². The van der Waals surface area contributed by atoms with Crippen molar-refractivity contribution in [2.24, 2.45) is 0 Å². The number of ether oxygens (including phenoxy) is 2. The highest BCUT2D eigenvalue weighted by Crippen LogP contribution is 2.12. The maximum absolute atomic E-state index is 12.3. The van der Waals surface area contributed by atoms with Crippen molar-refractivity contribution in [3.8, 4) is 0 Å². The molecule has 0 spiro atoms. The number of hydrogen-bond donors (Lipinski definition) is 1. The predicted octanol–water partition coefficient (Wildman–Crippen LogP) is 3.72. The third-order valence-electron chi connectivity index (χ3n) is 3.30. The first-order valence-corrected chi connectivity index (χ1v) is 8.29. The molecule has 0 saturated heterocycles. The van der Waals surface area contributed by atoms with Gasteiger partial charge in [0.05, 0.1) is 6.04 Å². The Morgan fingerprint density at radius 1 is 1.28 bits per heavy atom. The molecular formula is C19H28N2O4. The van der Waals surface area contributed by atoms with Crippen LogP contribution in [-0.4, -0.2) is 41.8 Å². The van der Waals surface area contributed by atoms with E-state index in [4.69, 9.17) is 9.47 Å². The highest BCUT2D eigenvalue weighted by atomic mass is 16.6. The van der Waals surface area contributed by atoms with Crippen LogP contribution < -0.4 is 5.32 Å². The Kier molecular flexibility index (Phi) is 7.98. The van der Waals surface area contributed by atoms with Gasteiger partial charge in [-0.25, -0.2) is 9.59 Å². The number of rotatable bonds is 7. The topological polar surface area (TPSA) is 67.9 Å². The molecule has 0 heterocycles. The highest BCUT2D eigenvalue weighted by molar-refractivity contribution is 5.69. The van der Waals surface area contributed by atoms with E-state index in [1.54, 1.807) is 26.8 Å². The van der Waals surface area contributed by atoms with Crippen molar-refractivity contribution in [2.75, 3.05) is 13.1 Å². The molecule has 1 N–H and O–H groups in total. The summed E-state index contributed by atoms with van der Waals surface area (Å²) in [6.07, 6.45) is 0.677. The third kappa shape index (κ3) is 8.24. The zero-order valence-corrected chi connectivity index (χ0v) is 15.5. The molecule has 1 rings (SSSR count). The van der Waals surface area contributed by atoms with Crippen LogP contribution in [0.4, 0.5) is 9.59 Å². The SMILES string of the molecule is C=CC(C)N(CCNC(=O)OCc1ccccc1)C(=O)OC(C)(C)C. The second kappa shape index (κ2) is 9.71. The summed E-state index contributed by atoms with van der Waals surface area (Å²) < 4.78 is 10.5. The van der Waals surface area contributed by atoms with Crippen LogP contribution in [0.15, 0.2) is 43.0 Å². The minimum absolute atomic E-state index is 0.200. The number of nitrogens with zero attached hydrogens (tertiary/aromatic N) is 1. The number of nitrogens with one attached hydrogen (secondary N) is 1. The number of hydrogen-bond acceptors (Lipinski definition) is 4. The molecule has 0 aliphatic heterocycles. The van der Waals surface area contributed by atoms with Gasteiger partial charge in [-0.15, -0.1) is 6.58 Å². The fourth-order valence-corrected chi connectivity index (χ4v) is 1.96. The molecule has 138 valence electrons. The maximum Gasteiger partial charge on any atom is 0.410 e. The lowest BCUT2D eigenvalue weighted by Crippen LogP contribution is -2.45. The third-order valence-corrected chi connectivity index (χ3v) is 3.30. The largest absolute Gasteiger partial charge is 0.445 e. The Bertz CT molecular complexity index is 567. The van der Waals surface area contributed by atoms with Crippen LogP contribution in [0.3, 0.4) is 0 Å². The smallest absolute Gasteiger partial charge is 0.410 e. The molecule has 0 saturated carbocycles. The first-order valence-electron chi connectivity index (χ1n) is 8.29. The van der Waals surface area contributed by atoms with Crippen molar-refractivity contribution in [2.45, 2.75) is 45.9 Å². The summed E-state index contributed by atoms with van der Waals surface area (Å²) in [4.78, 5) is 25.5. The molecule has 2 amide bonds. The van der Waals surface area contributed by atoms with Crippen molar-refractivity contribution in [1.82, 2.24) is 10.2 Å². The first-order chi connectivity index (χ1) is 11.7. The van der Waals surface area contributed by atoms with Gasteiger partial charge in [0.1, 0.15) is 12.2 Å². The average Bonchev–Trinajstić information content (AvgIpc) is 2.55. The van der Waals surface area contributed by atoms with E-state index in [9.17, 15) is 9.59 Å². The Morgan fingerprint density at radius 2 is 1.92 bits per heavy atom. The predicted molar refractivity (Wildman–Crippen MR) is 97.2 cm³/mol. The summed E-state index contributed by atoms with van der Waals surface area (Å²) in [5, 5.41) is 2.64. The summed E-state index contributed by atoms with van der Waals surface area (Å²) >= 11 is 0. The molecule has 0 radical (unpaired) electrons. The number of alkyl carbamates (subject to hydrolysis) is 1. The molecule has 6 nitrogen and oxygen atoms in total. The van der Waals surface area contributed by atoms with E-state index in [0.717, 1.165) is 5.56 Å². The lowest BCUT2D eigenvalue weighted by Gasteiger charge is -2.30. The van der Waals surface area contributed by atoms with Crippen LogP contribution in [0.25, 0.3) is 0 Å². The number of amides is 2. The van der Waals surface area contributed by atoms with Gasteiger partial charge < -0.3 is 19.7 Å². The Labute approximate surface area is 149 Å². The summed E-state index contributed by atoms with van der Waals surface area (Å²) in [5.41, 5.74) is 0.325.